The molecule has 2 heterocycles. The van der Waals surface area contributed by atoms with Crippen molar-refractivity contribution in [3.63, 3.8) is 0 Å². The van der Waals surface area contributed by atoms with Gasteiger partial charge in [0.2, 0.25) is 0 Å². The van der Waals surface area contributed by atoms with E-state index in [1.807, 2.05) is 6.07 Å². The Hall–Kier alpha value is -3.03. The van der Waals surface area contributed by atoms with E-state index in [0.29, 0.717) is 53.9 Å². The monoisotopic (exact) mass is 421 g/mol. The number of esters is 1. The summed E-state index contributed by atoms with van der Waals surface area (Å²) in [5.41, 5.74) is 1.42. The molecule has 0 saturated heterocycles. The third kappa shape index (κ3) is 5.11. The summed E-state index contributed by atoms with van der Waals surface area (Å²) in [6.45, 7) is 5.62. The van der Waals surface area contributed by atoms with Gasteiger partial charge in [-0.1, -0.05) is 12.1 Å². The largest absolute Gasteiger partial charge is 0.466 e. The maximum absolute atomic E-state index is 12.7. The second-order valence-corrected chi connectivity index (χ2v) is 6.87. The van der Waals surface area contributed by atoms with Crippen LogP contribution in [-0.2, 0) is 35.0 Å². The molecule has 2 aromatic heterocycles. The smallest absolute Gasteiger partial charge is 0.416 e. The van der Waals surface area contributed by atoms with Crippen molar-refractivity contribution in [2.75, 3.05) is 6.61 Å². The van der Waals surface area contributed by atoms with Crippen molar-refractivity contribution in [2.45, 2.75) is 46.2 Å². The van der Waals surface area contributed by atoms with Crippen molar-refractivity contribution in [1.29, 1.82) is 0 Å². The van der Waals surface area contributed by atoms with Crippen LogP contribution in [0.15, 0.2) is 39.2 Å². The van der Waals surface area contributed by atoms with Crippen LogP contribution in [0, 0.1) is 13.8 Å². The Kier molecular flexibility index (Phi) is 6.34. The molecule has 0 saturated carbocycles. The molecule has 8 heteroatoms. The number of hydrogen-bond acceptors (Lipinski definition) is 5. The highest BCUT2D eigenvalue weighted by atomic mass is 19.4. The van der Waals surface area contributed by atoms with Crippen LogP contribution >= 0.6 is 0 Å². The number of carbonyl (C=O) groups excluding carboxylic acids is 1. The average molecular weight is 421 g/mol. The van der Waals surface area contributed by atoms with Crippen LogP contribution < -0.4 is 0 Å². The first-order chi connectivity index (χ1) is 14.2. The van der Waals surface area contributed by atoms with Crippen molar-refractivity contribution in [1.82, 2.24) is 4.98 Å². The number of furan rings is 1. The van der Waals surface area contributed by atoms with Gasteiger partial charge in [0, 0.05) is 12.0 Å². The molecule has 30 heavy (non-hydrogen) atoms. The van der Waals surface area contributed by atoms with Crippen LogP contribution in [0.1, 0.15) is 41.2 Å². The summed E-state index contributed by atoms with van der Waals surface area (Å²) in [5.74, 6) is 1.80. The third-order valence-electron chi connectivity index (χ3n) is 4.67. The Morgan fingerprint density at radius 3 is 2.43 bits per heavy atom. The molecule has 0 spiro atoms. The number of halogens is 3. The minimum Gasteiger partial charge on any atom is -0.466 e. The van der Waals surface area contributed by atoms with E-state index in [1.165, 1.54) is 12.1 Å². The van der Waals surface area contributed by atoms with E-state index in [-0.39, 0.29) is 12.4 Å². The zero-order valence-corrected chi connectivity index (χ0v) is 16.9. The van der Waals surface area contributed by atoms with Gasteiger partial charge in [0.05, 0.1) is 17.9 Å². The lowest BCUT2D eigenvalue weighted by molar-refractivity contribution is -0.142. The molecule has 0 radical (unpaired) electrons. The molecular weight excluding hydrogens is 399 g/mol. The van der Waals surface area contributed by atoms with Crippen molar-refractivity contribution in [3.8, 4) is 11.3 Å². The molecule has 0 aliphatic heterocycles. The summed E-state index contributed by atoms with van der Waals surface area (Å²) < 4.78 is 54.5. The van der Waals surface area contributed by atoms with Gasteiger partial charge in [-0.05, 0) is 51.0 Å². The molecule has 0 bridgehead atoms. The number of aryl methyl sites for hydroxylation is 4. The zero-order chi connectivity index (χ0) is 21.9. The number of hydrogen-bond donors (Lipinski definition) is 0. The highest BCUT2D eigenvalue weighted by Gasteiger charge is 2.30. The topological polar surface area (TPSA) is 65.5 Å². The second kappa shape index (κ2) is 8.77. The second-order valence-electron chi connectivity index (χ2n) is 6.87. The molecule has 0 aliphatic carbocycles. The number of nitrogens with zero attached hydrogens (tertiary/aromatic N) is 1. The number of benzene rings is 1. The fraction of sp³-hybridized carbons (Fsp3) is 0.364. The molecule has 0 unspecified atom stereocenters. The molecule has 5 nitrogen and oxygen atoms in total. The first-order valence-electron chi connectivity index (χ1n) is 9.55. The highest BCUT2D eigenvalue weighted by Crippen LogP contribution is 2.32. The van der Waals surface area contributed by atoms with Crippen molar-refractivity contribution < 1.29 is 31.5 Å². The lowest BCUT2D eigenvalue weighted by Crippen LogP contribution is -2.07. The van der Waals surface area contributed by atoms with Crippen LogP contribution in [0.25, 0.3) is 11.3 Å². The summed E-state index contributed by atoms with van der Waals surface area (Å²) in [4.78, 5) is 16.0. The van der Waals surface area contributed by atoms with Gasteiger partial charge in [0.25, 0.3) is 0 Å². The number of oxazole rings is 1. The van der Waals surface area contributed by atoms with Crippen LogP contribution in [0.4, 0.5) is 13.2 Å². The van der Waals surface area contributed by atoms with Crippen molar-refractivity contribution in [2.24, 2.45) is 0 Å². The van der Waals surface area contributed by atoms with Crippen LogP contribution in [0.2, 0.25) is 0 Å². The standard InChI is InChI=1S/C22H22F3NO4/c1-4-28-21(27)12-18-13(2)26-20(30-18)10-7-16-11-19(29-14(16)3)15-5-8-17(9-6-15)22(23,24)25/h5-6,8-9,11H,4,7,10,12H2,1-3H3. The first-order valence-corrected chi connectivity index (χ1v) is 9.55. The zero-order valence-electron chi connectivity index (χ0n) is 16.9. The quantitative estimate of drug-likeness (QED) is 0.474. The normalized spacial score (nSPS) is 11.7. The summed E-state index contributed by atoms with van der Waals surface area (Å²) in [5, 5.41) is 0. The molecule has 0 N–H and O–H groups in total. The van der Waals surface area contributed by atoms with Crippen molar-refractivity contribution >= 4 is 5.97 Å². The molecule has 3 rings (SSSR count). The van der Waals surface area contributed by atoms with E-state index in [9.17, 15) is 18.0 Å². The Morgan fingerprint density at radius 2 is 1.80 bits per heavy atom. The van der Waals surface area contributed by atoms with Gasteiger partial charge in [0.1, 0.15) is 23.7 Å². The van der Waals surface area contributed by atoms with Crippen LogP contribution in [-0.4, -0.2) is 17.6 Å². The molecule has 0 aliphatic rings. The van der Waals surface area contributed by atoms with E-state index in [4.69, 9.17) is 13.6 Å². The van der Waals surface area contributed by atoms with Crippen LogP contribution in [0.3, 0.4) is 0 Å². The Labute approximate surface area is 171 Å². The minimum atomic E-state index is -4.37. The van der Waals surface area contributed by atoms with E-state index in [0.717, 1.165) is 17.7 Å². The first kappa shape index (κ1) is 21.7. The fourth-order valence-electron chi connectivity index (χ4n) is 3.08. The number of alkyl halides is 3. The molecule has 0 fully saturated rings. The maximum atomic E-state index is 12.7. The third-order valence-corrected chi connectivity index (χ3v) is 4.67. The molecule has 0 atom stereocenters. The number of carbonyl (C=O) groups is 1. The van der Waals surface area contributed by atoms with E-state index in [1.54, 1.807) is 20.8 Å². The molecular formula is C22H22F3NO4. The van der Waals surface area contributed by atoms with Gasteiger partial charge in [-0.25, -0.2) is 4.98 Å². The summed E-state index contributed by atoms with van der Waals surface area (Å²) in [6.07, 6.45) is -3.26. The summed E-state index contributed by atoms with van der Waals surface area (Å²) in [7, 11) is 0. The molecule has 1 aromatic carbocycles. The maximum Gasteiger partial charge on any atom is 0.416 e. The molecule has 160 valence electrons. The lowest BCUT2D eigenvalue weighted by atomic mass is 10.1. The highest BCUT2D eigenvalue weighted by molar-refractivity contribution is 5.72. The van der Waals surface area contributed by atoms with Crippen LogP contribution in [0.5, 0.6) is 0 Å². The summed E-state index contributed by atoms with van der Waals surface area (Å²) >= 11 is 0. The minimum absolute atomic E-state index is 0.0372. The number of aromatic nitrogens is 1. The van der Waals surface area contributed by atoms with E-state index >= 15 is 0 Å². The Bertz CT molecular complexity index is 1020. The predicted octanol–water partition coefficient (Wildman–Crippen LogP) is 5.46. The lowest BCUT2D eigenvalue weighted by Gasteiger charge is -2.06. The van der Waals surface area contributed by atoms with Gasteiger partial charge in [-0.2, -0.15) is 13.2 Å². The Morgan fingerprint density at radius 1 is 1.10 bits per heavy atom. The van der Waals surface area contributed by atoms with Gasteiger partial charge in [-0.15, -0.1) is 0 Å². The number of rotatable bonds is 7. The summed E-state index contributed by atoms with van der Waals surface area (Å²) in [6, 6.07) is 6.67. The average Bonchev–Trinajstić information content (AvgIpc) is 3.22. The Balaban J connectivity index is 1.68. The van der Waals surface area contributed by atoms with Gasteiger partial charge < -0.3 is 13.6 Å². The van der Waals surface area contributed by atoms with Gasteiger partial charge >= 0.3 is 12.1 Å². The van der Waals surface area contributed by atoms with E-state index in [2.05, 4.69) is 4.98 Å². The fourth-order valence-corrected chi connectivity index (χ4v) is 3.08. The molecule has 0 amide bonds. The van der Waals surface area contributed by atoms with Gasteiger partial charge in [-0.3, -0.25) is 4.79 Å². The van der Waals surface area contributed by atoms with Crippen molar-refractivity contribution in [3.05, 3.63) is 64.6 Å². The molecule has 3 aromatic rings. The predicted molar refractivity (Wildman–Crippen MR) is 103 cm³/mol. The SMILES string of the molecule is CCOC(=O)Cc1oc(CCc2cc(-c3ccc(C(F)(F)F)cc3)oc2C)nc1C. The number of ether oxygens (including phenoxy) is 1. The van der Waals surface area contributed by atoms with E-state index < -0.39 is 11.7 Å². The van der Waals surface area contributed by atoms with Gasteiger partial charge in [0.15, 0.2) is 5.89 Å².